The molecule has 8 nitrogen and oxygen atoms in total. The molecule has 0 aliphatic carbocycles. The van der Waals surface area contributed by atoms with Crippen LogP contribution < -0.4 is 4.74 Å². The van der Waals surface area contributed by atoms with Gasteiger partial charge < -0.3 is 14.9 Å². The van der Waals surface area contributed by atoms with Crippen LogP contribution in [0.5, 0.6) is 6.01 Å². The summed E-state index contributed by atoms with van der Waals surface area (Å²) in [5, 5.41) is 22.6. The van der Waals surface area contributed by atoms with Crippen molar-refractivity contribution in [3.05, 3.63) is 28.4 Å². The van der Waals surface area contributed by atoms with E-state index in [-0.39, 0.29) is 19.0 Å². The van der Waals surface area contributed by atoms with Gasteiger partial charge in [0.05, 0.1) is 13.2 Å². The van der Waals surface area contributed by atoms with Crippen molar-refractivity contribution in [3.8, 4) is 6.01 Å². The van der Waals surface area contributed by atoms with Crippen molar-refractivity contribution >= 4 is 0 Å². The quantitative estimate of drug-likeness (QED) is 0.426. The molecule has 0 spiro atoms. The number of rotatable bonds is 6. The molecule has 0 aliphatic rings. The standard InChI is InChI=1S/C9H13N5O3/c1-17-9-11-4-6(5-12-9)8(16)7(15)2-3-13-14-10/h4-5,7-8,15-16H,2-3H2,1H3. The summed E-state index contributed by atoms with van der Waals surface area (Å²) in [6, 6.07) is 0.185. The number of hydrogen-bond donors (Lipinski definition) is 2. The number of azide groups is 1. The van der Waals surface area contributed by atoms with E-state index in [2.05, 4.69) is 20.0 Å². The Morgan fingerprint density at radius 2 is 2.12 bits per heavy atom. The molecule has 92 valence electrons. The lowest BCUT2D eigenvalue weighted by Gasteiger charge is -2.16. The molecule has 8 heteroatoms. The summed E-state index contributed by atoms with van der Waals surface area (Å²) in [4.78, 5) is 10.2. The van der Waals surface area contributed by atoms with Crippen LogP contribution in [0.3, 0.4) is 0 Å². The van der Waals surface area contributed by atoms with Gasteiger partial charge in [-0.05, 0) is 12.0 Å². The van der Waals surface area contributed by atoms with Crippen LogP contribution in [-0.2, 0) is 0 Å². The molecule has 0 saturated carbocycles. The van der Waals surface area contributed by atoms with Gasteiger partial charge in [0.25, 0.3) is 0 Å². The van der Waals surface area contributed by atoms with Crippen LogP contribution in [-0.4, -0.2) is 39.9 Å². The third-order valence-corrected chi connectivity index (χ3v) is 2.12. The number of aromatic nitrogens is 2. The Bertz CT molecular complexity index is 390. The summed E-state index contributed by atoms with van der Waals surface area (Å²) in [6.07, 6.45) is 0.755. The number of methoxy groups -OCH3 is 1. The second-order valence-electron chi connectivity index (χ2n) is 3.26. The topological polar surface area (TPSA) is 124 Å². The Morgan fingerprint density at radius 1 is 1.47 bits per heavy atom. The fourth-order valence-corrected chi connectivity index (χ4v) is 1.20. The number of aliphatic hydroxyl groups excluding tert-OH is 2. The zero-order chi connectivity index (χ0) is 12.7. The van der Waals surface area contributed by atoms with Crippen molar-refractivity contribution in [1.29, 1.82) is 0 Å². The Balaban J connectivity index is 2.60. The molecule has 0 bridgehead atoms. The molecule has 0 saturated heterocycles. The van der Waals surface area contributed by atoms with Crippen molar-refractivity contribution < 1.29 is 14.9 Å². The first-order chi connectivity index (χ1) is 8.19. The normalized spacial score (nSPS) is 13.6. The first-order valence-electron chi connectivity index (χ1n) is 4.92. The minimum absolute atomic E-state index is 0.117. The molecule has 2 N–H and O–H groups in total. The first kappa shape index (κ1) is 13.2. The van der Waals surface area contributed by atoms with Crippen LogP contribution in [0.1, 0.15) is 18.1 Å². The van der Waals surface area contributed by atoms with E-state index in [0.29, 0.717) is 5.56 Å². The molecular weight excluding hydrogens is 226 g/mol. The summed E-state index contributed by atoms with van der Waals surface area (Å²) in [5.41, 5.74) is 8.45. The third-order valence-electron chi connectivity index (χ3n) is 2.12. The summed E-state index contributed by atoms with van der Waals surface area (Å²) >= 11 is 0. The number of nitrogens with zero attached hydrogens (tertiary/aromatic N) is 5. The largest absolute Gasteiger partial charge is 0.467 e. The SMILES string of the molecule is COc1ncc(C(O)C(O)CCN=[N+]=[N-])cn1. The van der Waals surface area contributed by atoms with Gasteiger partial charge in [-0.1, -0.05) is 5.11 Å². The highest BCUT2D eigenvalue weighted by Gasteiger charge is 2.18. The fourth-order valence-electron chi connectivity index (χ4n) is 1.20. The van der Waals surface area contributed by atoms with Crippen molar-refractivity contribution in [3.63, 3.8) is 0 Å². The van der Waals surface area contributed by atoms with Gasteiger partial charge in [0.2, 0.25) is 0 Å². The zero-order valence-electron chi connectivity index (χ0n) is 9.26. The monoisotopic (exact) mass is 239 g/mol. The van der Waals surface area contributed by atoms with Crippen molar-refractivity contribution in [2.24, 2.45) is 5.11 Å². The van der Waals surface area contributed by atoms with E-state index in [1.807, 2.05) is 0 Å². The van der Waals surface area contributed by atoms with Gasteiger partial charge in [-0.3, -0.25) is 0 Å². The number of aliphatic hydroxyl groups is 2. The number of ether oxygens (including phenoxy) is 1. The van der Waals surface area contributed by atoms with Crippen LogP contribution in [0.2, 0.25) is 0 Å². The van der Waals surface area contributed by atoms with Gasteiger partial charge >= 0.3 is 6.01 Å². The molecule has 1 aromatic rings. The minimum Gasteiger partial charge on any atom is -0.467 e. The Hall–Kier alpha value is -1.89. The molecule has 1 heterocycles. The van der Waals surface area contributed by atoms with E-state index >= 15 is 0 Å². The van der Waals surface area contributed by atoms with Gasteiger partial charge in [-0.25, -0.2) is 9.97 Å². The van der Waals surface area contributed by atoms with Crippen LogP contribution in [0.4, 0.5) is 0 Å². The average Bonchev–Trinajstić information content (AvgIpc) is 2.38. The molecule has 0 aromatic carbocycles. The minimum atomic E-state index is -1.12. The molecule has 1 rings (SSSR count). The highest BCUT2D eigenvalue weighted by atomic mass is 16.5. The molecule has 0 fully saturated rings. The molecule has 0 amide bonds. The Kier molecular flexibility index (Phi) is 5.15. The van der Waals surface area contributed by atoms with E-state index in [1.54, 1.807) is 0 Å². The second kappa shape index (κ2) is 6.64. The highest BCUT2D eigenvalue weighted by Crippen LogP contribution is 2.18. The van der Waals surface area contributed by atoms with E-state index in [4.69, 9.17) is 10.3 Å². The lowest BCUT2D eigenvalue weighted by molar-refractivity contribution is 0.0145. The van der Waals surface area contributed by atoms with Gasteiger partial charge in [-0.15, -0.1) is 0 Å². The average molecular weight is 239 g/mol. The molecule has 0 radical (unpaired) electrons. The van der Waals surface area contributed by atoms with Gasteiger partial charge in [-0.2, -0.15) is 0 Å². The van der Waals surface area contributed by atoms with E-state index in [1.165, 1.54) is 19.5 Å². The number of hydrogen-bond acceptors (Lipinski definition) is 6. The molecular formula is C9H13N5O3. The van der Waals surface area contributed by atoms with E-state index < -0.39 is 12.2 Å². The Labute approximate surface area is 97.5 Å². The van der Waals surface area contributed by atoms with Crippen LogP contribution in [0.25, 0.3) is 10.4 Å². The molecule has 17 heavy (non-hydrogen) atoms. The molecule has 2 atom stereocenters. The predicted octanol–water partition coefficient (Wildman–Crippen LogP) is 0.580. The smallest absolute Gasteiger partial charge is 0.316 e. The molecule has 2 unspecified atom stereocenters. The van der Waals surface area contributed by atoms with E-state index in [9.17, 15) is 10.2 Å². The maximum Gasteiger partial charge on any atom is 0.316 e. The maximum absolute atomic E-state index is 9.75. The maximum atomic E-state index is 9.75. The van der Waals surface area contributed by atoms with Crippen molar-refractivity contribution in [2.75, 3.05) is 13.7 Å². The summed E-state index contributed by atoms with van der Waals surface area (Å²) in [7, 11) is 1.43. The molecule has 0 aliphatic heterocycles. The lowest BCUT2D eigenvalue weighted by Crippen LogP contribution is -2.19. The zero-order valence-corrected chi connectivity index (χ0v) is 9.26. The van der Waals surface area contributed by atoms with Crippen LogP contribution in [0.15, 0.2) is 17.5 Å². The van der Waals surface area contributed by atoms with Crippen molar-refractivity contribution in [2.45, 2.75) is 18.6 Å². The lowest BCUT2D eigenvalue weighted by atomic mass is 10.1. The van der Waals surface area contributed by atoms with Crippen LogP contribution in [0, 0.1) is 0 Å². The van der Waals surface area contributed by atoms with Crippen LogP contribution >= 0.6 is 0 Å². The summed E-state index contributed by atoms with van der Waals surface area (Å²) in [5.74, 6) is 0. The summed E-state index contributed by atoms with van der Waals surface area (Å²) < 4.78 is 4.77. The van der Waals surface area contributed by atoms with E-state index in [0.717, 1.165) is 0 Å². The Morgan fingerprint density at radius 3 is 2.65 bits per heavy atom. The van der Waals surface area contributed by atoms with Gasteiger partial charge in [0.1, 0.15) is 6.10 Å². The third kappa shape index (κ3) is 3.87. The van der Waals surface area contributed by atoms with Gasteiger partial charge in [0.15, 0.2) is 0 Å². The predicted molar refractivity (Wildman–Crippen MR) is 58.2 cm³/mol. The first-order valence-corrected chi connectivity index (χ1v) is 4.92. The second-order valence-corrected chi connectivity index (χ2v) is 3.26. The molecule has 1 aromatic heterocycles. The fraction of sp³-hybridized carbons (Fsp3) is 0.556. The van der Waals surface area contributed by atoms with Crippen molar-refractivity contribution in [1.82, 2.24) is 9.97 Å². The van der Waals surface area contributed by atoms with Gasteiger partial charge in [0, 0.05) is 29.4 Å². The summed E-state index contributed by atoms with van der Waals surface area (Å²) in [6.45, 7) is 0.117. The highest BCUT2D eigenvalue weighted by molar-refractivity contribution is 5.11.